The Bertz CT molecular complexity index is 779. The van der Waals surface area contributed by atoms with Gasteiger partial charge in [0.2, 0.25) is 0 Å². The lowest BCUT2D eigenvalue weighted by atomic mass is 9.90. The maximum atomic E-state index is 12.7. The lowest BCUT2D eigenvalue weighted by Crippen LogP contribution is -2.15. The number of carbonyl (C=O) groups is 1. The van der Waals surface area contributed by atoms with Gasteiger partial charge in [0.05, 0.1) is 19.6 Å². The zero-order valence-corrected chi connectivity index (χ0v) is 13.5. The number of alkyl halides is 3. The number of benzene rings is 2. The van der Waals surface area contributed by atoms with E-state index in [0.717, 1.165) is 5.56 Å². The predicted molar refractivity (Wildman–Crippen MR) is 86.3 cm³/mol. The summed E-state index contributed by atoms with van der Waals surface area (Å²) in [5, 5.41) is 9.38. The highest BCUT2D eigenvalue weighted by Gasteiger charge is 2.29. The van der Waals surface area contributed by atoms with Crippen molar-refractivity contribution in [2.45, 2.75) is 24.9 Å². The molecule has 0 aromatic heterocycles. The van der Waals surface area contributed by atoms with Crippen molar-refractivity contribution in [3.8, 4) is 11.8 Å². The molecule has 2 rings (SSSR count). The van der Waals surface area contributed by atoms with E-state index in [1.165, 1.54) is 25.3 Å². The van der Waals surface area contributed by atoms with E-state index in [1.807, 2.05) is 6.07 Å². The SMILES string of the molecule is COc1cc(CC(F)(F)F)cc(C(C#N)C(=O)Cc2ccccc2)c1. The number of Topliss-reactive ketones (excluding diaryl/α,β-unsaturated/α-hetero) is 1. The zero-order valence-electron chi connectivity index (χ0n) is 13.5. The molecule has 3 nitrogen and oxygen atoms in total. The lowest BCUT2D eigenvalue weighted by molar-refractivity contribution is -0.127. The van der Waals surface area contributed by atoms with E-state index >= 15 is 0 Å². The van der Waals surface area contributed by atoms with Crippen LogP contribution in [0.4, 0.5) is 13.2 Å². The van der Waals surface area contributed by atoms with Crippen LogP contribution in [0.2, 0.25) is 0 Å². The van der Waals surface area contributed by atoms with Gasteiger partial charge in [0, 0.05) is 6.42 Å². The van der Waals surface area contributed by atoms with Gasteiger partial charge in [0.1, 0.15) is 11.7 Å². The van der Waals surface area contributed by atoms with Crippen molar-refractivity contribution in [2.24, 2.45) is 0 Å². The summed E-state index contributed by atoms with van der Waals surface area (Å²) in [7, 11) is 1.32. The van der Waals surface area contributed by atoms with Crippen LogP contribution in [-0.2, 0) is 17.6 Å². The molecule has 0 spiro atoms. The summed E-state index contributed by atoms with van der Waals surface area (Å²) in [4.78, 5) is 12.5. The van der Waals surface area contributed by atoms with Crippen LogP contribution in [0.3, 0.4) is 0 Å². The van der Waals surface area contributed by atoms with E-state index in [1.54, 1.807) is 30.3 Å². The van der Waals surface area contributed by atoms with E-state index in [9.17, 15) is 23.2 Å². The molecule has 0 N–H and O–H groups in total. The molecule has 25 heavy (non-hydrogen) atoms. The second kappa shape index (κ2) is 7.84. The number of rotatable bonds is 6. The third kappa shape index (κ3) is 5.35. The first kappa shape index (κ1) is 18.5. The molecule has 0 aliphatic carbocycles. The second-order valence-electron chi connectivity index (χ2n) is 5.60. The molecule has 0 saturated carbocycles. The molecule has 1 unspecified atom stereocenters. The largest absolute Gasteiger partial charge is 0.497 e. The normalized spacial score (nSPS) is 12.3. The van der Waals surface area contributed by atoms with Gasteiger partial charge in [-0.2, -0.15) is 18.4 Å². The maximum absolute atomic E-state index is 12.7. The Morgan fingerprint density at radius 2 is 1.84 bits per heavy atom. The van der Waals surface area contributed by atoms with Crippen molar-refractivity contribution in [3.63, 3.8) is 0 Å². The van der Waals surface area contributed by atoms with Gasteiger partial charge in [-0.1, -0.05) is 36.4 Å². The lowest BCUT2D eigenvalue weighted by Gasteiger charge is -2.14. The van der Waals surface area contributed by atoms with E-state index in [0.29, 0.717) is 0 Å². The molecule has 2 aromatic rings. The van der Waals surface area contributed by atoms with Gasteiger partial charge in [-0.15, -0.1) is 0 Å². The minimum atomic E-state index is -4.39. The topological polar surface area (TPSA) is 50.1 Å². The van der Waals surface area contributed by atoms with Crippen molar-refractivity contribution in [2.75, 3.05) is 7.11 Å². The summed E-state index contributed by atoms with van der Waals surface area (Å²) in [5.74, 6) is -1.34. The fraction of sp³-hybridized carbons (Fsp3) is 0.263. The highest BCUT2D eigenvalue weighted by atomic mass is 19.4. The zero-order chi connectivity index (χ0) is 18.4. The molecule has 0 aliphatic rings. The van der Waals surface area contributed by atoms with Gasteiger partial charge in [0.15, 0.2) is 5.78 Å². The summed E-state index contributed by atoms with van der Waals surface area (Å²) in [6.45, 7) is 0. The van der Waals surface area contributed by atoms with Crippen molar-refractivity contribution < 1.29 is 22.7 Å². The highest BCUT2D eigenvalue weighted by Crippen LogP contribution is 2.29. The third-order valence-corrected chi connectivity index (χ3v) is 3.63. The second-order valence-corrected chi connectivity index (χ2v) is 5.60. The molecule has 0 amide bonds. The molecule has 0 radical (unpaired) electrons. The number of nitriles is 1. The molecule has 0 bridgehead atoms. The van der Waals surface area contributed by atoms with Gasteiger partial charge in [0.25, 0.3) is 0 Å². The fourth-order valence-electron chi connectivity index (χ4n) is 2.54. The Morgan fingerprint density at radius 1 is 1.16 bits per heavy atom. The molecule has 6 heteroatoms. The number of carbonyl (C=O) groups excluding carboxylic acids is 1. The van der Waals surface area contributed by atoms with Crippen molar-refractivity contribution >= 4 is 5.78 Å². The molecule has 0 fully saturated rings. The number of hydrogen-bond acceptors (Lipinski definition) is 3. The van der Waals surface area contributed by atoms with Crippen molar-refractivity contribution in [1.82, 2.24) is 0 Å². The number of nitrogens with zero attached hydrogens (tertiary/aromatic N) is 1. The Balaban J connectivity index is 2.31. The molecular formula is C19H16F3NO2. The average Bonchev–Trinajstić information content (AvgIpc) is 2.54. The molecule has 0 aliphatic heterocycles. The summed E-state index contributed by atoms with van der Waals surface area (Å²) in [6, 6.07) is 14.7. The smallest absolute Gasteiger partial charge is 0.393 e. The quantitative estimate of drug-likeness (QED) is 0.786. The van der Waals surface area contributed by atoms with Crippen LogP contribution < -0.4 is 4.74 Å². The van der Waals surface area contributed by atoms with Crippen molar-refractivity contribution in [1.29, 1.82) is 5.26 Å². The molecular weight excluding hydrogens is 331 g/mol. The van der Waals surface area contributed by atoms with Crippen molar-refractivity contribution in [3.05, 3.63) is 65.2 Å². The van der Waals surface area contributed by atoms with Gasteiger partial charge in [-0.3, -0.25) is 4.79 Å². The standard InChI is InChI=1S/C19H16F3NO2/c1-25-16-8-14(11-19(20,21)22)7-15(10-16)17(12-23)18(24)9-13-5-3-2-4-6-13/h2-8,10,17H,9,11H2,1H3. The molecule has 1 atom stereocenters. The number of ketones is 1. The Morgan fingerprint density at radius 3 is 2.40 bits per heavy atom. The predicted octanol–water partition coefficient (Wildman–Crippen LogP) is 4.22. The van der Waals surface area contributed by atoms with Crippen LogP contribution in [-0.4, -0.2) is 19.1 Å². The number of hydrogen-bond donors (Lipinski definition) is 0. The van der Waals surface area contributed by atoms with Gasteiger partial charge < -0.3 is 4.74 Å². The Labute approximate surface area is 143 Å². The van der Waals surface area contributed by atoms with Gasteiger partial charge in [-0.25, -0.2) is 0 Å². The number of ether oxygens (including phenoxy) is 1. The first-order chi connectivity index (χ1) is 11.8. The maximum Gasteiger partial charge on any atom is 0.393 e. The third-order valence-electron chi connectivity index (χ3n) is 3.63. The molecule has 0 saturated heterocycles. The van der Waals surface area contributed by atoms with Crippen LogP contribution in [0.1, 0.15) is 22.6 Å². The van der Waals surface area contributed by atoms with Gasteiger partial charge in [-0.05, 0) is 28.8 Å². The number of halogens is 3. The highest BCUT2D eigenvalue weighted by molar-refractivity contribution is 5.90. The summed E-state index contributed by atoms with van der Waals surface area (Å²) in [5.41, 5.74) is 0.905. The van der Waals surface area contributed by atoms with Gasteiger partial charge >= 0.3 is 6.18 Å². The van der Waals surface area contributed by atoms with Crippen LogP contribution in [0, 0.1) is 11.3 Å². The average molecular weight is 347 g/mol. The van der Waals surface area contributed by atoms with Crippen LogP contribution in [0.25, 0.3) is 0 Å². The van der Waals surface area contributed by atoms with E-state index in [4.69, 9.17) is 4.74 Å². The van der Waals surface area contributed by atoms with Crippen LogP contribution in [0.15, 0.2) is 48.5 Å². The molecule has 0 heterocycles. The summed E-state index contributed by atoms with van der Waals surface area (Å²) < 4.78 is 43.0. The summed E-state index contributed by atoms with van der Waals surface area (Å²) in [6.07, 6.45) is -5.51. The fourth-order valence-corrected chi connectivity index (χ4v) is 2.54. The first-order valence-electron chi connectivity index (χ1n) is 7.53. The van der Waals surface area contributed by atoms with E-state index < -0.39 is 18.5 Å². The van der Waals surface area contributed by atoms with E-state index in [-0.39, 0.29) is 29.1 Å². The van der Waals surface area contributed by atoms with Crippen LogP contribution in [0.5, 0.6) is 5.75 Å². The Hall–Kier alpha value is -2.81. The monoisotopic (exact) mass is 347 g/mol. The first-order valence-corrected chi connectivity index (χ1v) is 7.53. The molecule has 130 valence electrons. The minimum absolute atomic E-state index is 0.0326. The number of methoxy groups -OCH3 is 1. The van der Waals surface area contributed by atoms with Crippen LogP contribution >= 0.6 is 0 Å². The molecule has 2 aromatic carbocycles. The van der Waals surface area contributed by atoms with E-state index in [2.05, 4.69) is 0 Å². The Kier molecular flexibility index (Phi) is 5.81. The minimum Gasteiger partial charge on any atom is -0.497 e. The summed E-state index contributed by atoms with van der Waals surface area (Å²) >= 11 is 0.